The van der Waals surface area contributed by atoms with E-state index in [1.807, 2.05) is 24.0 Å². The number of nitrogens with zero attached hydrogens (tertiary/aromatic N) is 4. The van der Waals surface area contributed by atoms with Gasteiger partial charge in [0.1, 0.15) is 11.6 Å². The molecule has 7 nitrogen and oxygen atoms in total. The van der Waals surface area contributed by atoms with Crippen molar-refractivity contribution >= 4 is 6.03 Å². The van der Waals surface area contributed by atoms with E-state index in [0.717, 1.165) is 62.6 Å². The first-order valence-corrected chi connectivity index (χ1v) is 9.26. The van der Waals surface area contributed by atoms with Crippen molar-refractivity contribution in [3.8, 4) is 0 Å². The van der Waals surface area contributed by atoms with Gasteiger partial charge in [0, 0.05) is 19.5 Å². The van der Waals surface area contributed by atoms with Crippen LogP contribution in [0.2, 0.25) is 0 Å². The largest absolute Gasteiger partial charge is 0.467 e. The smallest absolute Gasteiger partial charge is 0.318 e. The maximum absolute atomic E-state index is 12.9. The molecule has 0 aromatic carbocycles. The van der Waals surface area contributed by atoms with Gasteiger partial charge in [-0.15, -0.1) is 10.2 Å². The van der Waals surface area contributed by atoms with E-state index in [0.29, 0.717) is 0 Å². The van der Waals surface area contributed by atoms with Crippen LogP contribution in [0.1, 0.15) is 68.5 Å². The molecule has 1 N–H and O–H groups in total. The molecule has 2 amide bonds. The van der Waals surface area contributed by atoms with Gasteiger partial charge in [-0.05, 0) is 51.2 Å². The van der Waals surface area contributed by atoms with Gasteiger partial charge in [-0.1, -0.05) is 0 Å². The van der Waals surface area contributed by atoms with E-state index < -0.39 is 0 Å². The average molecular weight is 343 g/mol. The van der Waals surface area contributed by atoms with Crippen molar-refractivity contribution in [3.05, 3.63) is 35.8 Å². The molecule has 2 atom stereocenters. The van der Waals surface area contributed by atoms with Gasteiger partial charge in [0.05, 0.1) is 18.3 Å². The predicted molar refractivity (Wildman–Crippen MR) is 91.9 cm³/mol. The minimum atomic E-state index is -0.155. The fourth-order valence-electron chi connectivity index (χ4n) is 3.90. The normalized spacial score (nSPS) is 21.6. The van der Waals surface area contributed by atoms with E-state index in [-0.39, 0.29) is 18.1 Å². The highest BCUT2D eigenvalue weighted by Gasteiger charge is 2.33. The average Bonchev–Trinajstić information content (AvgIpc) is 3.31. The number of likely N-dealkylation sites (tertiary alicyclic amines) is 1. The summed E-state index contributed by atoms with van der Waals surface area (Å²) in [6.45, 7) is 3.66. The number of hydrogen-bond acceptors (Lipinski definition) is 4. The van der Waals surface area contributed by atoms with Gasteiger partial charge in [0.15, 0.2) is 5.82 Å². The number of rotatable bonds is 3. The molecule has 2 aromatic heterocycles. The summed E-state index contributed by atoms with van der Waals surface area (Å²) in [5.41, 5.74) is 0. The van der Waals surface area contributed by atoms with E-state index in [9.17, 15) is 4.79 Å². The Morgan fingerprint density at radius 1 is 1.28 bits per heavy atom. The fourth-order valence-corrected chi connectivity index (χ4v) is 3.90. The number of aryl methyl sites for hydroxylation is 1. The quantitative estimate of drug-likeness (QED) is 0.928. The molecule has 7 heteroatoms. The molecule has 0 unspecified atom stereocenters. The molecule has 0 saturated carbocycles. The Morgan fingerprint density at radius 3 is 3.00 bits per heavy atom. The van der Waals surface area contributed by atoms with Crippen LogP contribution in [0.4, 0.5) is 4.79 Å². The summed E-state index contributed by atoms with van der Waals surface area (Å²) < 4.78 is 7.63. The van der Waals surface area contributed by atoms with Gasteiger partial charge >= 0.3 is 6.03 Å². The van der Waals surface area contributed by atoms with E-state index in [1.165, 1.54) is 6.42 Å². The Hall–Kier alpha value is -2.31. The van der Waals surface area contributed by atoms with Crippen LogP contribution >= 0.6 is 0 Å². The first-order valence-electron chi connectivity index (χ1n) is 9.26. The zero-order chi connectivity index (χ0) is 17.2. The number of amides is 2. The second-order valence-electron chi connectivity index (χ2n) is 6.97. The number of nitrogens with one attached hydrogen (secondary N) is 1. The standard InChI is InChI=1S/C18H25N5O2/c1-13(15-8-6-12-25-15)19-18(24)22-10-4-2-7-14(22)17-21-20-16-9-3-5-11-23(16)17/h6,8,12-14H,2-5,7,9-11H2,1H3,(H,19,24)/t13-,14-/m0/s1. The molecule has 0 bridgehead atoms. The van der Waals surface area contributed by atoms with Crippen LogP contribution in [0.15, 0.2) is 22.8 Å². The molecule has 2 aromatic rings. The van der Waals surface area contributed by atoms with Crippen molar-refractivity contribution in [2.24, 2.45) is 0 Å². The second-order valence-corrected chi connectivity index (χ2v) is 6.97. The Labute approximate surface area is 147 Å². The van der Waals surface area contributed by atoms with Crippen LogP contribution in [0.5, 0.6) is 0 Å². The number of hydrogen-bond donors (Lipinski definition) is 1. The second kappa shape index (κ2) is 6.90. The molecule has 4 rings (SSSR count). The van der Waals surface area contributed by atoms with Gasteiger partial charge < -0.3 is 19.2 Å². The zero-order valence-corrected chi connectivity index (χ0v) is 14.6. The number of fused-ring (bicyclic) bond motifs is 1. The van der Waals surface area contributed by atoms with Gasteiger partial charge in [-0.2, -0.15) is 0 Å². The van der Waals surface area contributed by atoms with E-state index >= 15 is 0 Å². The molecule has 1 saturated heterocycles. The molecule has 0 radical (unpaired) electrons. The number of piperidine rings is 1. The van der Waals surface area contributed by atoms with Crippen LogP contribution in [-0.4, -0.2) is 32.2 Å². The van der Waals surface area contributed by atoms with Crippen LogP contribution in [-0.2, 0) is 13.0 Å². The Balaban J connectivity index is 1.53. The third-order valence-electron chi connectivity index (χ3n) is 5.26. The molecule has 134 valence electrons. The highest BCUT2D eigenvalue weighted by atomic mass is 16.3. The SMILES string of the molecule is C[C@H](NC(=O)N1CCCC[C@H]1c1nnc2n1CCCC2)c1ccco1. The van der Waals surface area contributed by atoms with E-state index in [4.69, 9.17) is 4.42 Å². The number of carbonyl (C=O) groups excluding carboxylic acids is 1. The summed E-state index contributed by atoms with van der Waals surface area (Å²) in [6.07, 6.45) is 8.04. The number of carbonyl (C=O) groups is 1. The maximum Gasteiger partial charge on any atom is 0.318 e. The van der Waals surface area contributed by atoms with E-state index in [1.54, 1.807) is 6.26 Å². The third kappa shape index (κ3) is 3.15. The van der Waals surface area contributed by atoms with Crippen molar-refractivity contribution in [3.63, 3.8) is 0 Å². The maximum atomic E-state index is 12.9. The molecule has 2 aliphatic rings. The summed E-state index contributed by atoms with van der Waals surface area (Å²) >= 11 is 0. The number of urea groups is 1. The lowest BCUT2D eigenvalue weighted by Crippen LogP contribution is -2.46. The van der Waals surface area contributed by atoms with Crippen molar-refractivity contribution in [2.45, 2.75) is 64.1 Å². The Kier molecular flexibility index (Phi) is 4.46. The topological polar surface area (TPSA) is 76.2 Å². The minimum Gasteiger partial charge on any atom is -0.467 e. The van der Waals surface area contributed by atoms with Gasteiger partial charge in [0.2, 0.25) is 0 Å². The molecular formula is C18H25N5O2. The van der Waals surface area contributed by atoms with Crippen LogP contribution < -0.4 is 5.32 Å². The van der Waals surface area contributed by atoms with Crippen molar-refractivity contribution in [1.82, 2.24) is 25.0 Å². The molecule has 1 fully saturated rings. The molecule has 2 aliphatic heterocycles. The highest BCUT2D eigenvalue weighted by Crippen LogP contribution is 2.32. The lowest BCUT2D eigenvalue weighted by atomic mass is 10.0. The van der Waals surface area contributed by atoms with Crippen molar-refractivity contribution in [1.29, 1.82) is 0 Å². The summed E-state index contributed by atoms with van der Waals surface area (Å²) in [5, 5.41) is 11.9. The molecule has 25 heavy (non-hydrogen) atoms. The summed E-state index contributed by atoms with van der Waals surface area (Å²) in [6, 6.07) is 3.52. The first-order chi connectivity index (χ1) is 12.2. The highest BCUT2D eigenvalue weighted by molar-refractivity contribution is 5.75. The number of aromatic nitrogens is 3. The lowest BCUT2D eigenvalue weighted by molar-refractivity contribution is 0.141. The predicted octanol–water partition coefficient (Wildman–Crippen LogP) is 3.21. The Morgan fingerprint density at radius 2 is 2.16 bits per heavy atom. The van der Waals surface area contributed by atoms with Gasteiger partial charge in [-0.3, -0.25) is 0 Å². The summed E-state index contributed by atoms with van der Waals surface area (Å²) in [5.74, 6) is 2.79. The molecule has 4 heterocycles. The van der Waals surface area contributed by atoms with Crippen LogP contribution in [0, 0.1) is 0 Å². The molecule has 0 aliphatic carbocycles. The van der Waals surface area contributed by atoms with Crippen LogP contribution in [0.3, 0.4) is 0 Å². The first kappa shape index (κ1) is 16.2. The minimum absolute atomic E-state index is 0.0110. The monoisotopic (exact) mass is 343 g/mol. The lowest BCUT2D eigenvalue weighted by Gasteiger charge is -2.36. The van der Waals surface area contributed by atoms with Crippen molar-refractivity contribution in [2.75, 3.05) is 6.54 Å². The Bertz CT molecular complexity index is 724. The van der Waals surface area contributed by atoms with Gasteiger partial charge in [0.25, 0.3) is 0 Å². The van der Waals surface area contributed by atoms with E-state index in [2.05, 4.69) is 20.1 Å². The van der Waals surface area contributed by atoms with Gasteiger partial charge in [-0.25, -0.2) is 4.79 Å². The van der Waals surface area contributed by atoms with Crippen LogP contribution in [0.25, 0.3) is 0 Å². The zero-order valence-electron chi connectivity index (χ0n) is 14.6. The summed E-state index contributed by atoms with van der Waals surface area (Å²) in [4.78, 5) is 14.8. The number of furan rings is 1. The third-order valence-corrected chi connectivity index (χ3v) is 5.26. The van der Waals surface area contributed by atoms with Crippen molar-refractivity contribution < 1.29 is 9.21 Å². The molecular weight excluding hydrogens is 318 g/mol. The molecule has 0 spiro atoms. The fraction of sp³-hybridized carbons (Fsp3) is 0.611. The summed E-state index contributed by atoms with van der Waals surface area (Å²) in [7, 11) is 0.